The highest BCUT2D eigenvalue weighted by Gasteiger charge is 2.35. The van der Waals surface area contributed by atoms with Gasteiger partial charge in [0.2, 0.25) is 11.8 Å². The van der Waals surface area contributed by atoms with Crippen LogP contribution >= 0.6 is 11.8 Å². The maximum absolute atomic E-state index is 13.2. The van der Waals surface area contributed by atoms with Gasteiger partial charge in [-0.05, 0) is 37.1 Å². The standard InChI is InChI=1S/C22H23F2N5O2S/c1-22(23,24)7-14-10-28(11-14)15-2-3-19-18(6-15)17(4-5-26-19)21(31)27-9-20(30)29-13-32-12-16(29)8-25/h2-6,14,16H,7,9-13H2,1H3,(H,27,31)/t16-/m1/s1. The number of aromatic nitrogens is 1. The van der Waals surface area contributed by atoms with E-state index in [9.17, 15) is 18.4 Å². The van der Waals surface area contributed by atoms with Crippen LogP contribution in [-0.2, 0) is 4.79 Å². The molecule has 0 spiro atoms. The van der Waals surface area contributed by atoms with Gasteiger partial charge in [-0.25, -0.2) is 8.78 Å². The molecule has 1 aromatic carbocycles. The number of nitrogens with one attached hydrogen (secondary N) is 1. The quantitative estimate of drug-likeness (QED) is 0.715. The van der Waals surface area contributed by atoms with Crippen molar-refractivity contribution in [2.24, 2.45) is 5.92 Å². The van der Waals surface area contributed by atoms with E-state index in [2.05, 4.69) is 16.4 Å². The van der Waals surface area contributed by atoms with Crippen LogP contribution in [0.25, 0.3) is 10.9 Å². The Hall–Kier alpha value is -2.93. The second-order valence-electron chi connectivity index (χ2n) is 8.30. The highest BCUT2D eigenvalue weighted by molar-refractivity contribution is 7.99. The smallest absolute Gasteiger partial charge is 0.252 e. The van der Waals surface area contributed by atoms with Gasteiger partial charge in [-0.15, -0.1) is 11.8 Å². The van der Waals surface area contributed by atoms with Gasteiger partial charge < -0.3 is 15.1 Å². The molecule has 2 aliphatic rings. The van der Waals surface area contributed by atoms with E-state index in [-0.39, 0.29) is 24.8 Å². The summed E-state index contributed by atoms with van der Waals surface area (Å²) < 4.78 is 26.5. The van der Waals surface area contributed by atoms with Crippen molar-refractivity contribution in [3.8, 4) is 6.07 Å². The summed E-state index contributed by atoms with van der Waals surface area (Å²) in [6, 6.07) is 8.72. The number of halogens is 2. The second-order valence-corrected chi connectivity index (χ2v) is 9.30. The Bertz CT molecular complexity index is 1080. The molecule has 32 heavy (non-hydrogen) atoms. The van der Waals surface area contributed by atoms with Gasteiger partial charge >= 0.3 is 0 Å². The van der Waals surface area contributed by atoms with Gasteiger partial charge in [0.15, 0.2) is 0 Å². The molecule has 7 nitrogen and oxygen atoms in total. The largest absolute Gasteiger partial charge is 0.371 e. The lowest BCUT2D eigenvalue weighted by molar-refractivity contribution is -0.129. The van der Waals surface area contributed by atoms with Gasteiger partial charge in [-0.1, -0.05) is 0 Å². The Morgan fingerprint density at radius 1 is 1.34 bits per heavy atom. The number of hydrogen-bond acceptors (Lipinski definition) is 6. The van der Waals surface area contributed by atoms with E-state index >= 15 is 0 Å². The van der Waals surface area contributed by atoms with E-state index in [0.29, 0.717) is 41.2 Å². The third-order valence-corrected chi connectivity index (χ3v) is 6.70. The van der Waals surface area contributed by atoms with Crippen molar-refractivity contribution in [3.63, 3.8) is 0 Å². The monoisotopic (exact) mass is 459 g/mol. The van der Waals surface area contributed by atoms with Crippen molar-refractivity contribution in [1.29, 1.82) is 5.26 Å². The van der Waals surface area contributed by atoms with Crippen molar-refractivity contribution in [3.05, 3.63) is 36.0 Å². The first kappa shape index (κ1) is 22.3. The first-order chi connectivity index (χ1) is 15.2. The minimum absolute atomic E-state index is 0.0608. The van der Waals surface area contributed by atoms with Gasteiger partial charge in [0.25, 0.3) is 5.91 Å². The van der Waals surface area contributed by atoms with Crippen LogP contribution in [0.4, 0.5) is 14.5 Å². The third kappa shape index (κ3) is 4.78. The average molecular weight is 460 g/mol. The minimum atomic E-state index is -2.67. The van der Waals surface area contributed by atoms with Crippen LogP contribution in [0.3, 0.4) is 0 Å². The maximum Gasteiger partial charge on any atom is 0.252 e. The van der Waals surface area contributed by atoms with Crippen LogP contribution in [0, 0.1) is 17.2 Å². The van der Waals surface area contributed by atoms with Crippen molar-refractivity contribution >= 4 is 40.2 Å². The highest BCUT2D eigenvalue weighted by Crippen LogP contribution is 2.33. The lowest BCUT2D eigenvalue weighted by Gasteiger charge is -2.42. The second kappa shape index (κ2) is 8.90. The Morgan fingerprint density at radius 3 is 2.84 bits per heavy atom. The molecule has 168 valence electrons. The molecule has 0 aliphatic carbocycles. The summed E-state index contributed by atoms with van der Waals surface area (Å²) >= 11 is 1.51. The SMILES string of the molecule is CC(F)(F)CC1CN(c2ccc3nccc(C(=O)NCC(=O)N4CSC[C@H]4C#N)c3c2)C1. The predicted molar refractivity (Wildman–Crippen MR) is 119 cm³/mol. The molecule has 4 rings (SSSR count). The lowest BCUT2D eigenvalue weighted by atomic mass is 9.92. The Balaban J connectivity index is 1.45. The number of nitriles is 1. The maximum atomic E-state index is 13.2. The summed E-state index contributed by atoms with van der Waals surface area (Å²) in [5.41, 5.74) is 1.86. The average Bonchev–Trinajstić information content (AvgIpc) is 3.21. The van der Waals surface area contributed by atoms with Crippen molar-refractivity contribution in [2.45, 2.75) is 25.3 Å². The Kier molecular flexibility index (Phi) is 6.20. The fourth-order valence-corrected chi connectivity index (χ4v) is 5.20. The van der Waals surface area contributed by atoms with Crippen LogP contribution in [0.1, 0.15) is 23.7 Å². The van der Waals surface area contributed by atoms with Crippen molar-refractivity contribution < 1.29 is 18.4 Å². The van der Waals surface area contributed by atoms with E-state index in [0.717, 1.165) is 12.6 Å². The molecule has 2 aromatic rings. The molecule has 1 aromatic heterocycles. The normalized spacial score (nSPS) is 19.0. The van der Waals surface area contributed by atoms with Crippen molar-refractivity contribution in [1.82, 2.24) is 15.2 Å². The number of fused-ring (bicyclic) bond motifs is 1. The summed E-state index contributed by atoms with van der Waals surface area (Å²) in [6.07, 6.45) is 1.40. The van der Waals surface area contributed by atoms with E-state index in [1.165, 1.54) is 22.9 Å². The molecule has 2 saturated heterocycles. The number of amides is 2. The van der Waals surface area contributed by atoms with E-state index in [1.54, 1.807) is 12.1 Å². The number of anilines is 1. The molecule has 0 radical (unpaired) electrons. The van der Waals surface area contributed by atoms with Gasteiger partial charge in [0, 0.05) is 42.5 Å². The van der Waals surface area contributed by atoms with Crippen molar-refractivity contribution in [2.75, 3.05) is 36.2 Å². The zero-order chi connectivity index (χ0) is 22.9. The Labute approximate surface area is 188 Å². The van der Waals surface area contributed by atoms with Crippen LogP contribution in [0.2, 0.25) is 0 Å². The van der Waals surface area contributed by atoms with Gasteiger partial charge in [-0.2, -0.15) is 5.26 Å². The van der Waals surface area contributed by atoms with Crippen LogP contribution in [0.15, 0.2) is 30.5 Å². The van der Waals surface area contributed by atoms with Crippen LogP contribution < -0.4 is 10.2 Å². The van der Waals surface area contributed by atoms with Crippen LogP contribution in [0.5, 0.6) is 0 Å². The number of rotatable bonds is 6. The molecule has 3 heterocycles. The number of thioether (sulfide) groups is 1. The van der Waals surface area contributed by atoms with Gasteiger partial charge in [-0.3, -0.25) is 14.6 Å². The lowest BCUT2D eigenvalue weighted by Crippen LogP contribution is -2.48. The summed E-state index contributed by atoms with van der Waals surface area (Å²) in [6.45, 7) is 1.83. The molecule has 0 bridgehead atoms. The first-order valence-electron chi connectivity index (χ1n) is 10.3. The molecule has 1 atom stereocenters. The first-order valence-corrected chi connectivity index (χ1v) is 11.5. The number of hydrogen-bond donors (Lipinski definition) is 1. The van der Waals surface area contributed by atoms with Gasteiger partial charge in [0.1, 0.15) is 6.04 Å². The molecule has 2 fully saturated rings. The number of nitrogens with zero attached hydrogens (tertiary/aromatic N) is 4. The number of benzene rings is 1. The van der Waals surface area contributed by atoms with E-state index < -0.39 is 17.9 Å². The zero-order valence-corrected chi connectivity index (χ0v) is 18.4. The number of carbonyl (C=O) groups is 2. The minimum Gasteiger partial charge on any atom is -0.371 e. The summed E-state index contributed by atoms with van der Waals surface area (Å²) in [4.78, 5) is 33.0. The molecule has 2 aliphatic heterocycles. The number of pyridine rings is 1. The molecule has 0 saturated carbocycles. The third-order valence-electron chi connectivity index (χ3n) is 5.69. The molecular formula is C22H23F2N5O2S. The number of alkyl halides is 2. The summed E-state index contributed by atoms with van der Waals surface area (Å²) in [5.74, 6) is -2.43. The summed E-state index contributed by atoms with van der Waals surface area (Å²) in [5, 5.41) is 12.4. The topological polar surface area (TPSA) is 89.3 Å². The summed E-state index contributed by atoms with van der Waals surface area (Å²) in [7, 11) is 0. The van der Waals surface area contributed by atoms with Crippen LogP contribution in [-0.4, -0.2) is 64.9 Å². The molecule has 0 unspecified atom stereocenters. The van der Waals surface area contributed by atoms with E-state index in [4.69, 9.17) is 5.26 Å². The molecule has 2 amide bonds. The zero-order valence-electron chi connectivity index (χ0n) is 17.6. The van der Waals surface area contributed by atoms with E-state index in [1.807, 2.05) is 17.0 Å². The Morgan fingerprint density at radius 2 is 2.12 bits per heavy atom. The molecule has 10 heteroatoms. The highest BCUT2D eigenvalue weighted by atomic mass is 32.2. The predicted octanol–water partition coefficient (Wildman–Crippen LogP) is 2.87. The molecular weight excluding hydrogens is 436 g/mol. The van der Waals surface area contributed by atoms with Gasteiger partial charge in [0.05, 0.1) is 29.6 Å². The fraction of sp³-hybridized carbons (Fsp3) is 0.455. The number of carbonyl (C=O) groups excluding carboxylic acids is 2. The fourth-order valence-electron chi connectivity index (χ4n) is 4.09. The molecule has 1 N–H and O–H groups in total.